The van der Waals surface area contributed by atoms with Gasteiger partial charge in [0.25, 0.3) is 0 Å². The molecule has 8 heteroatoms. The second kappa shape index (κ2) is 9.00. The van der Waals surface area contributed by atoms with Gasteiger partial charge in [0.2, 0.25) is 5.95 Å². The standard InChI is InChI=1S/C21H20ClN5O2/c22-17-5-1-15(2-6-17)19-9-10-24-21(26-19)25-18-7-3-16(4-8-18)20(28)29-27-13-11-23-12-14-27/h1-10,23H,11-14H2,(H,24,25,26). The average Bonchev–Trinajstić information content (AvgIpc) is 2.76. The van der Waals surface area contributed by atoms with Crippen molar-refractivity contribution in [3.63, 3.8) is 0 Å². The summed E-state index contributed by atoms with van der Waals surface area (Å²) in [6.45, 7) is 3.00. The Balaban J connectivity index is 1.41. The van der Waals surface area contributed by atoms with E-state index in [0.717, 1.165) is 30.0 Å². The molecule has 1 aromatic heterocycles. The first-order chi connectivity index (χ1) is 14.2. The van der Waals surface area contributed by atoms with Crippen molar-refractivity contribution in [2.45, 2.75) is 0 Å². The highest BCUT2D eigenvalue weighted by atomic mass is 35.5. The zero-order valence-electron chi connectivity index (χ0n) is 15.6. The Labute approximate surface area is 173 Å². The molecule has 0 radical (unpaired) electrons. The van der Waals surface area contributed by atoms with E-state index in [9.17, 15) is 4.79 Å². The fourth-order valence-corrected chi connectivity index (χ4v) is 3.05. The van der Waals surface area contributed by atoms with Crippen molar-refractivity contribution in [1.82, 2.24) is 20.3 Å². The van der Waals surface area contributed by atoms with Gasteiger partial charge in [-0.3, -0.25) is 0 Å². The minimum Gasteiger partial charge on any atom is -0.364 e. The van der Waals surface area contributed by atoms with Gasteiger partial charge in [-0.25, -0.2) is 14.8 Å². The topological polar surface area (TPSA) is 79.4 Å². The molecule has 1 saturated heterocycles. The first-order valence-electron chi connectivity index (χ1n) is 9.31. The molecular formula is C21H20ClN5O2. The van der Waals surface area contributed by atoms with Crippen LogP contribution in [-0.2, 0) is 4.84 Å². The molecule has 0 atom stereocenters. The summed E-state index contributed by atoms with van der Waals surface area (Å²) in [4.78, 5) is 26.5. The SMILES string of the molecule is O=C(ON1CCNCC1)c1ccc(Nc2nccc(-c3ccc(Cl)cc3)n2)cc1. The van der Waals surface area contributed by atoms with Crippen LogP contribution < -0.4 is 10.6 Å². The number of hydrogen-bond donors (Lipinski definition) is 2. The molecule has 0 saturated carbocycles. The molecule has 148 valence electrons. The Morgan fingerprint density at radius 1 is 1.03 bits per heavy atom. The molecule has 0 aliphatic carbocycles. The molecule has 0 unspecified atom stereocenters. The molecule has 29 heavy (non-hydrogen) atoms. The summed E-state index contributed by atoms with van der Waals surface area (Å²) in [5.74, 6) is 0.105. The molecule has 2 N–H and O–H groups in total. The van der Waals surface area contributed by atoms with Gasteiger partial charge in [0.1, 0.15) is 0 Å². The van der Waals surface area contributed by atoms with Gasteiger partial charge in [0, 0.05) is 48.6 Å². The summed E-state index contributed by atoms with van der Waals surface area (Å²) < 4.78 is 0. The molecule has 2 aromatic carbocycles. The van der Waals surface area contributed by atoms with E-state index in [4.69, 9.17) is 16.4 Å². The maximum absolute atomic E-state index is 12.3. The predicted octanol–water partition coefficient (Wildman–Crippen LogP) is 3.52. The summed E-state index contributed by atoms with van der Waals surface area (Å²) in [5.41, 5.74) is 3.00. The van der Waals surface area contributed by atoms with Crippen molar-refractivity contribution in [2.75, 3.05) is 31.5 Å². The lowest BCUT2D eigenvalue weighted by atomic mass is 10.1. The maximum atomic E-state index is 12.3. The molecule has 0 spiro atoms. The first kappa shape index (κ1) is 19.3. The zero-order chi connectivity index (χ0) is 20.1. The molecule has 0 amide bonds. The smallest absolute Gasteiger partial charge is 0.357 e. The number of halogens is 1. The Morgan fingerprint density at radius 2 is 1.76 bits per heavy atom. The fourth-order valence-electron chi connectivity index (χ4n) is 2.92. The van der Waals surface area contributed by atoms with Gasteiger partial charge in [0.15, 0.2) is 0 Å². The third kappa shape index (κ3) is 5.08. The molecule has 1 fully saturated rings. The zero-order valence-corrected chi connectivity index (χ0v) is 16.4. The number of piperazine rings is 1. The normalized spacial score (nSPS) is 14.4. The van der Waals surface area contributed by atoms with Crippen LogP contribution in [0.15, 0.2) is 60.8 Å². The Hall–Kier alpha value is -3.00. The lowest BCUT2D eigenvalue weighted by Gasteiger charge is -2.25. The number of hydroxylamine groups is 2. The van der Waals surface area contributed by atoms with E-state index >= 15 is 0 Å². The molecule has 7 nitrogen and oxygen atoms in total. The van der Waals surface area contributed by atoms with Crippen LogP contribution in [0.5, 0.6) is 0 Å². The van der Waals surface area contributed by atoms with Crippen molar-refractivity contribution in [3.05, 3.63) is 71.4 Å². The van der Waals surface area contributed by atoms with Gasteiger partial charge in [-0.05, 0) is 42.5 Å². The van der Waals surface area contributed by atoms with Crippen LogP contribution in [0.2, 0.25) is 5.02 Å². The summed E-state index contributed by atoms with van der Waals surface area (Å²) in [7, 11) is 0. The number of carbonyl (C=O) groups excluding carboxylic acids is 1. The summed E-state index contributed by atoms with van der Waals surface area (Å²) in [6, 6.07) is 16.3. The lowest BCUT2D eigenvalue weighted by Crippen LogP contribution is -2.44. The van der Waals surface area contributed by atoms with Crippen LogP contribution in [0, 0.1) is 0 Å². The van der Waals surface area contributed by atoms with Crippen LogP contribution in [-0.4, -0.2) is 47.2 Å². The van der Waals surface area contributed by atoms with E-state index in [1.54, 1.807) is 35.5 Å². The second-order valence-electron chi connectivity index (χ2n) is 6.53. The van der Waals surface area contributed by atoms with Gasteiger partial charge < -0.3 is 15.5 Å². The van der Waals surface area contributed by atoms with Crippen molar-refractivity contribution < 1.29 is 9.63 Å². The van der Waals surface area contributed by atoms with E-state index in [1.807, 2.05) is 30.3 Å². The van der Waals surface area contributed by atoms with Crippen molar-refractivity contribution in [3.8, 4) is 11.3 Å². The number of nitrogens with zero attached hydrogens (tertiary/aromatic N) is 3. The van der Waals surface area contributed by atoms with E-state index < -0.39 is 0 Å². The van der Waals surface area contributed by atoms with Crippen molar-refractivity contribution >= 4 is 29.2 Å². The number of carbonyl (C=O) groups is 1. The molecule has 4 rings (SSSR count). The molecule has 2 heterocycles. The number of anilines is 2. The molecule has 1 aliphatic rings. The molecule has 0 bridgehead atoms. The molecule has 3 aromatic rings. The number of aromatic nitrogens is 2. The quantitative estimate of drug-likeness (QED) is 0.667. The molecule has 1 aliphatic heterocycles. The van der Waals surface area contributed by atoms with Crippen LogP contribution in [0.1, 0.15) is 10.4 Å². The van der Waals surface area contributed by atoms with Crippen molar-refractivity contribution in [1.29, 1.82) is 0 Å². The minimum absolute atomic E-state index is 0.362. The maximum Gasteiger partial charge on any atom is 0.357 e. The highest BCUT2D eigenvalue weighted by Gasteiger charge is 2.16. The van der Waals surface area contributed by atoms with Crippen LogP contribution in [0.25, 0.3) is 11.3 Å². The van der Waals surface area contributed by atoms with Crippen LogP contribution in [0.4, 0.5) is 11.6 Å². The third-order valence-corrected chi connectivity index (χ3v) is 4.71. The number of hydrogen-bond acceptors (Lipinski definition) is 7. The summed E-state index contributed by atoms with van der Waals surface area (Å²) in [6.07, 6.45) is 1.69. The minimum atomic E-state index is -0.362. The van der Waals surface area contributed by atoms with Crippen LogP contribution >= 0.6 is 11.6 Å². The van der Waals surface area contributed by atoms with Gasteiger partial charge in [-0.15, -0.1) is 5.06 Å². The second-order valence-corrected chi connectivity index (χ2v) is 6.97. The fraction of sp³-hybridized carbons (Fsp3) is 0.190. The lowest BCUT2D eigenvalue weighted by molar-refractivity contribution is -0.115. The number of benzene rings is 2. The van der Waals surface area contributed by atoms with Gasteiger partial charge in [-0.1, -0.05) is 23.7 Å². The molecular weight excluding hydrogens is 390 g/mol. The van der Waals surface area contributed by atoms with E-state index in [0.29, 0.717) is 29.6 Å². The van der Waals surface area contributed by atoms with E-state index in [-0.39, 0.29) is 5.97 Å². The summed E-state index contributed by atoms with van der Waals surface area (Å²) in [5, 5.41) is 8.73. The van der Waals surface area contributed by atoms with E-state index in [1.165, 1.54) is 0 Å². The van der Waals surface area contributed by atoms with E-state index in [2.05, 4.69) is 20.6 Å². The van der Waals surface area contributed by atoms with Crippen molar-refractivity contribution in [2.24, 2.45) is 0 Å². The van der Waals surface area contributed by atoms with Crippen LogP contribution in [0.3, 0.4) is 0 Å². The first-order valence-corrected chi connectivity index (χ1v) is 9.69. The number of nitrogens with one attached hydrogen (secondary N) is 2. The number of rotatable bonds is 5. The van der Waals surface area contributed by atoms with Gasteiger partial charge >= 0.3 is 5.97 Å². The highest BCUT2D eigenvalue weighted by Crippen LogP contribution is 2.21. The summed E-state index contributed by atoms with van der Waals surface area (Å²) >= 11 is 5.94. The van der Waals surface area contributed by atoms with Gasteiger partial charge in [-0.2, -0.15) is 0 Å². The largest absolute Gasteiger partial charge is 0.364 e. The Bertz CT molecular complexity index is 973. The Kier molecular flexibility index (Phi) is 6.00. The third-order valence-electron chi connectivity index (χ3n) is 4.46. The average molecular weight is 410 g/mol. The monoisotopic (exact) mass is 409 g/mol. The highest BCUT2D eigenvalue weighted by molar-refractivity contribution is 6.30. The Morgan fingerprint density at radius 3 is 2.48 bits per heavy atom. The predicted molar refractivity (Wildman–Crippen MR) is 112 cm³/mol. The van der Waals surface area contributed by atoms with Gasteiger partial charge in [0.05, 0.1) is 11.3 Å².